The minimum atomic E-state index is -5.38. The van der Waals surface area contributed by atoms with E-state index in [0.717, 1.165) is 51.4 Å². The summed E-state index contributed by atoms with van der Waals surface area (Å²) in [6.07, 6.45) is 9.86. The number of unbranched alkanes of at least 4 members (excludes halogenated alkanes) is 19. The highest BCUT2D eigenvalue weighted by atomic mass is 31.2. The van der Waals surface area contributed by atoms with Gasteiger partial charge in [0.05, 0.1) is 13.2 Å². The molecule has 18 nitrogen and oxygen atoms in total. The van der Waals surface area contributed by atoms with E-state index in [-0.39, 0.29) is 12.8 Å². The molecule has 13 atom stereocenters. The summed E-state index contributed by atoms with van der Waals surface area (Å²) in [5.74, 6) is -1.25. The molecule has 67 heavy (non-hydrogen) atoms. The average molecular weight is 983 g/mol. The van der Waals surface area contributed by atoms with Crippen LogP contribution in [0.4, 0.5) is 0 Å². The molecule has 1 aliphatic heterocycles. The van der Waals surface area contributed by atoms with E-state index in [1.54, 1.807) is 0 Å². The van der Waals surface area contributed by atoms with Gasteiger partial charge >= 0.3 is 19.8 Å². The van der Waals surface area contributed by atoms with Crippen LogP contribution >= 0.6 is 7.82 Å². The van der Waals surface area contributed by atoms with Crippen molar-refractivity contribution in [2.24, 2.45) is 0 Å². The Hall–Kier alpha value is -1.87. The van der Waals surface area contributed by atoms with Gasteiger partial charge in [-0.25, -0.2) is 4.57 Å². The highest BCUT2D eigenvalue weighted by molar-refractivity contribution is 7.47. The zero-order valence-electron chi connectivity index (χ0n) is 40.2. The number of hydrogen-bond acceptors (Lipinski definition) is 17. The fraction of sp³-hybridized carbons (Fsp3) is 0.875. The van der Waals surface area contributed by atoms with Gasteiger partial charge in [-0.2, -0.15) is 0 Å². The number of aliphatic hydroxyl groups is 8. The molecule has 19 heteroatoms. The van der Waals surface area contributed by atoms with Crippen LogP contribution < -0.4 is 0 Å². The van der Waals surface area contributed by atoms with Crippen LogP contribution in [0.25, 0.3) is 0 Å². The molecule has 13 unspecified atom stereocenters. The van der Waals surface area contributed by atoms with Crippen molar-refractivity contribution in [3.63, 3.8) is 0 Å². The molecule has 1 heterocycles. The maximum absolute atomic E-state index is 13.4. The summed E-state index contributed by atoms with van der Waals surface area (Å²) in [5, 5.41) is 82.9. The van der Waals surface area contributed by atoms with Gasteiger partial charge in [-0.1, -0.05) is 122 Å². The van der Waals surface area contributed by atoms with E-state index >= 15 is 0 Å². The zero-order valence-corrected chi connectivity index (χ0v) is 41.1. The molecule has 2 fully saturated rings. The fourth-order valence-electron chi connectivity index (χ4n) is 7.93. The minimum absolute atomic E-state index is 0.00996. The second-order valence-corrected chi connectivity index (χ2v) is 19.4. The Labute approximate surface area is 398 Å². The van der Waals surface area contributed by atoms with Crippen molar-refractivity contribution >= 4 is 19.8 Å². The second kappa shape index (κ2) is 36.1. The molecule has 2 aliphatic rings. The highest BCUT2D eigenvalue weighted by Gasteiger charge is 2.55. The number of ether oxygens (including phenoxy) is 4. The van der Waals surface area contributed by atoms with Gasteiger partial charge in [0.2, 0.25) is 0 Å². The first-order valence-electron chi connectivity index (χ1n) is 25.2. The topological polar surface area (TPSA) is 289 Å². The third-order valence-electron chi connectivity index (χ3n) is 12.1. The predicted octanol–water partition coefficient (Wildman–Crippen LogP) is 5.49. The van der Waals surface area contributed by atoms with Gasteiger partial charge in [0.1, 0.15) is 67.6 Å². The Morgan fingerprint density at radius 3 is 1.48 bits per heavy atom. The maximum Gasteiger partial charge on any atom is 0.472 e. The van der Waals surface area contributed by atoms with Crippen LogP contribution in [-0.4, -0.2) is 151 Å². The lowest BCUT2D eigenvalue weighted by molar-refractivity contribution is -0.338. The first-order chi connectivity index (χ1) is 32.2. The molecular weight excluding hydrogens is 895 g/mol. The summed E-state index contributed by atoms with van der Waals surface area (Å²) in [6, 6.07) is 0. The van der Waals surface area contributed by atoms with Crippen molar-refractivity contribution in [2.45, 2.75) is 248 Å². The quantitative estimate of drug-likeness (QED) is 0.0160. The van der Waals surface area contributed by atoms with Crippen molar-refractivity contribution < 1.29 is 87.9 Å². The Kier molecular flexibility index (Phi) is 33.0. The van der Waals surface area contributed by atoms with Crippen molar-refractivity contribution in [1.29, 1.82) is 0 Å². The van der Waals surface area contributed by atoms with Gasteiger partial charge in [0.15, 0.2) is 12.4 Å². The molecule has 392 valence electrons. The summed E-state index contributed by atoms with van der Waals surface area (Å²) in [5.41, 5.74) is 0. The number of carbonyl (C=O) groups is 2. The minimum Gasteiger partial charge on any atom is -0.462 e. The van der Waals surface area contributed by atoms with Gasteiger partial charge in [0, 0.05) is 12.8 Å². The molecule has 0 spiro atoms. The van der Waals surface area contributed by atoms with Crippen LogP contribution in [0, 0.1) is 0 Å². The molecule has 0 aromatic heterocycles. The number of phosphoric acid groups is 1. The van der Waals surface area contributed by atoms with E-state index in [4.69, 9.17) is 28.0 Å². The van der Waals surface area contributed by atoms with E-state index in [1.807, 2.05) is 0 Å². The van der Waals surface area contributed by atoms with Gasteiger partial charge in [-0.15, -0.1) is 0 Å². The fourth-order valence-corrected chi connectivity index (χ4v) is 8.89. The smallest absolute Gasteiger partial charge is 0.462 e. The number of allylic oxidation sites excluding steroid dienone is 4. The zero-order chi connectivity index (χ0) is 49.5. The number of phosphoric ester groups is 1. The second-order valence-electron chi connectivity index (χ2n) is 18.0. The Balaban J connectivity index is 1.97. The number of rotatable bonds is 38. The maximum atomic E-state index is 13.4. The summed E-state index contributed by atoms with van der Waals surface area (Å²) in [7, 11) is -5.38. The SMILES string of the molecule is CCCCCCCC/C=C\CCCCCC(=O)OC(COC(=O)CCCCC/C=C\CCCCCCCCC)COP(=O)(O)OC1C(O)C(O)C(O)C(O)C1OC1OC(CO)C(O)C(O)C1O. The first-order valence-corrected chi connectivity index (χ1v) is 26.7. The van der Waals surface area contributed by atoms with Gasteiger partial charge in [0.25, 0.3) is 0 Å². The Bertz CT molecular complexity index is 1400. The summed E-state index contributed by atoms with van der Waals surface area (Å²) in [6.45, 7) is 2.18. The normalized spacial score (nSPS) is 28.2. The van der Waals surface area contributed by atoms with E-state index < -0.39 is 113 Å². The molecule has 1 aliphatic carbocycles. The van der Waals surface area contributed by atoms with Crippen molar-refractivity contribution in [3.05, 3.63) is 24.3 Å². The number of carbonyl (C=O) groups excluding carboxylic acids is 2. The van der Waals surface area contributed by atoms with Crippen LogP contribution in [0.15, 0.2) is 24.3 Å². The first kappa shape index (κ1) is 61.3. The Morgan fingerprint density at radius 2 is 0.985 bits per heavy atom. The Morgan fingerprint density at radius 1 is 0.552 bits per heavy atom. The summed E-state index contributed by atoms with van der Waals surface area (Å²) >= 11 is 0. The summed E-state index contributed by atoms with van der Waals surface area (Å²) in [4.78, 5) is 36.5. The van der Waals surface area contributed by atoms with Crippen LogP contribution in [-0.2, 0) is 42.1 Å². The molecule has 2 rings (SSSR count). The standard InChI is InChI=1S/C48H87O18P/c1-3-5-7-9-11-13-15-17-19-20-22-24-26-28-30-37(50)61-33-35(63-38(51)31-29-27-25-23-21-18-16-14-12-10-8-6-4-2)34-62-67(59,60)66-47-44(57)42(55)41(54)43(56)46(47)65-48-45(58)40(53)39(52)36(32-49)64-48/h18-21,35-36,39-49,52-58H,3-17,22-34H2,1-2H3,(H,59,60)/b20-19-,21-18-. The van der Waals surface area contributed by atoms with Crippen LogP contribution in [0.5, 0.6) is 0 Å². The van der Waals surface area contributed by atoms with Gasteiger partial charge < -0.3 is 64.7 Å². The number of hydrogen-bond donors (Lipinski definition) is 9. The van der Waals surface area contributed by atoms with Gasteiger partial charge in [-0.05, 0) is 64.2 Å². The molecule has 1 saturated carbocycles. The lowest BCUT2D eigenvalue weighted by atomic mass is 9.84. The third kappa shape index (κ3) is 25.2. The number of aliphatic hydroxyl groups excluding tert-OH is 8. The van der Waals surface area contributed by atoms with Gasteiger partial charge in [-0.3, -0.25) is 18.6 Å². The van der Waals surface area contributed by atoms with Crippen LogP contribution in [0.2, 0.25) is 0 Å². The molecule has 1 saturated heterocycles. The molecule has 0 amide bonds. The van der Waals surface area contributed by atoms with Crippen molar-refractivity contribution in [1.82, 2.24) is 0 Å². The monoisotopic (exact) mass is 983 g/mol. The molecule has 0 radical (unpaired) electrons. The highest BCUT2D eigenvalue weighted by Crippen LogP contribution is 2.48. The van der Waals surface area contributed by atoms with E-state index in [1.165, 1.54) is 83.5 Å². The molecular formula is C48H87O18P. The van der Waals surface area contributed by atoms with E-state index in [0.29, 0.717) is 12.8 Å². The van der Waals surface area contributed by atoms with Crippen molar-refractivity contribution in [3.8, 4) is 0 Å². The van der Waals surface area contributed by atoms with E-state index in [9.17, 15) is 59.9 Å². The third-order valence-corrected chi connectivity index (χ3v) is 13.1. The molecule has 9 N–H and O–H groups in total. The predicted molar refractivity (Wildman–Crippen MR) is 249 cm³/mol. The van der Waals surface area contributed by atoms with Crippen LogP contribution in [0.1, 0.15) is 174 Å². The van der Waals surface area contributed by atoms with Crippen molar-refractivity contribution in [2.75, 3.05) is 19.8 Å². The van der Waals surface area contributed by atoms with Crippen LogP contribution in [0.3, 0.4) is 0 Å². The number of esters is 2. The summed E-state index contributed by atoms with van der Waals surface area (Å²) < 4.78 is 45.4. The lowest BCUT2D eigenvalue weighted by Gasteiger charge is -2.47. The molecule has 0 aromatic carbocycles. The molecule has 0 aromatic rings. The lowest BCUT2D eigenvalue weighted by Crippen LogP contribution is -2.67. The molecule has 0 bridgehead atoms. The average Bonchev–Trinajstić information content (AvgIpc) is 3.31. The van der Waals surface area contributed by atoms with E-state index in [2.05, 4.69) is 38.2 Å². The largest absolute Gasteiger partial charge is 0.472 e.